The maximum Gasteiger partial charge on any atom is 0.0826 e. The minimum atomic E-state index is 0.00107. The maximum absolute atomic E-state index is 5.47. The summed E-state index contributed by atoms with van der Waals surface area (Å²) in [7, 11) is 0. The summed E-state index contributed by atoms with van der Waals surface area (Å²) in [5.41, 5.74) is 5.47. The van der Waals surface area contributed by atoms with E-state index in [0.717, 1.165) is 0 Å². The molecule has 0 aromatic heterocycles. The van der Waals surface area contributed by atoms with Crippen molar-refractivity contribution in [3.63, 3.8) is 0 Å². The van der Waals surface area contributed by atoms with Crippen molar-refractivity contribution in [2.45, 2.75) is 33.1 Å². The summed E-state index contributed by atoms with van der Waals surface area (Å²) >= 11 is 0. The highest BCUT2D eigenvalue weighted by Gasteiger charge is 1.98. The zero-order valence-electron chi connectivity index (χ0n) is 6.73. The quantitative estimate of drug-likeness (QED) is 0.290. The van der Waals surface area contributed by atoms with E-state index in [-0.39, 0.29) is 12.3 Å². The van der Waals surface area contributed by atoms with Gasteiger partial charge in [-0.3, -0.25) is 5.32 Å². The third kappa shape index (κ3) is 5.42. The Kier molecular flexibility index (Phi) is 4.73. The second-order valence-corrected chi connectivity index (χ2v) is 2.20. The number of hydrogen-bond acceptors (Lipinski definition) is 3. The monoisotopic (exact) mass is 141 g/mol. The van der Waals surface area contributed by atoms with E-state index in [1.165, 1.54) is 0 Å². The third-order valence-corrected chi connectivity index (χ3v) is 0.927. The Hall–Kier alpha value is -0.720. The van der Waals surface area contributed by atoms with E-state index in [2.05, 4.69) is 22.6 Å². The summed E-state index contributed by atoms with van der Waals surface area (Å²) < 4.78 is 0. The first-order valence-electron chi connectivity index (χ1n) is 3.35. The molecule has 0 aromatic carbocycles. The fourth-order valence-electron chi connectivity index (χ4n) is 0.616. The van der Waals surface area contributed by atoms with Crippen LogP contribution in [0.4, 0.5) is 0 Å². The van der Waals surface area contributed by atoms with Gasteiger partial charge in [-0.15, -0.1) is 0 Å². The zero-order valence-corrected chi connectivity index (χ0v) is 6.73. The molecule has 2 unspecified atom stereocenters. The fourth-order valence-corrected chi connectivity index (χ4v) is 0.616. The number of hydrogen-bond donors (Lipinski definition) is 3. The van der Waals surface area contributed by atoms with Crippen LogP contribution in [-0.2, 0) is 0 Å². The molecule has 0 radical (unpaired) electrons. The average Bonchev–Trinajstić information content (AvgIpc) is 1.82. The highest BCUT2D eigenvalue weighted by molar-refractivity contribution is 4.93. The Morgan fingerprint density at radius 1 is 1.40 bits per heavy atom. The van der Waals surface area contributed by atoms with Crippen LogP contribution in [0.5, 0.6) is 0 Å². The lowest BCUT2D eigenvalue weighted by molar-refractivity contribution is 0.452. The van der Waals surface area contributed by atoms with Crippen LogP contribution in [0.1, 0.15) is 20.8 Å². The number of rotatable bonds is 3. The summed E-state index contributed by atoms with van der Waals surface area (Å²) in [5, 5.41) is 5.95. The molecule has 0 aliphatic heterocycles. The summed E-state index contributed by atoms with van der Waals surface area (Å²) in [6.07, 6.45) is 0.147. The van der Waals surface area contributed by atoms with Crippen molar-refractivity contribution in [2.75, 3.05) is 0 Å². The Bertz CT molecular complexity index is 132. The van der Waals surface area contributed by atoms with E-state index in [4.69, 9.17) is 5.73 Å². The van der Waals surface area contributed by atoms with Gasteiger partial charge in [0.15, 0.2) is 0 Å². The van der Waals surface area contributed by atoms with Crippen LogP contribution in [0.15, 0.2) is 0 Å². The largest absolute Gasteiger partial charge is 0.330 e. The molecular formula is C7H15N3. The first-order chi connectivity index (χ1) is 4.66. The van der Waals surface area contributed by atoms with E-state index in [1.54, 1.807) is 6.92 Å². The van der Waals surface area contributed by atoms with E-state index in [0.29, 0.717) is 0 Å². The lowest BCUT2D eigenvalue weighted by Gasteiger charge is -2.14. The molecule has 3 nitrogen and oxygen atoms in total. The zero-order chi connectivity index (χ0) is 7.98. The number of nitrogens with one attached hydrogen (secondary N) is 2. The van der Waals surface area contributed by atoms with Gasteiger partial charge in [0, 0.05) is 6.04 Å². The van der Waals surface area contributed by atoms with Gasteiger partial charge in [-0.25, -0.2) is 0 Å². The third-order valence-electron chi connectivity index (χ3n) is 0.927. The molecule has 0 bridgehead atoms. The molecule has 0 aliphatic carbocycles. The van der Waals surface area contributed by atoms with Gasteiger partial charge in [-0.1, -0.05) is 5.92 Å². The van der Waals surface area contributed by atoms with E-state index >= 15 is 0 Å². The van der Waals surface area contributed by atoms with Gasteiger partial charge in [0.05, 0.1) is 12.3 Å². The summed E-state index contributed by atoms with van der Waals surface area (Å²) in [6.45, 7) is 5.64. The van der Waals surface area contributed by atoms with Crippen LogP contribution in [0.25, 0.3) is 0 Å². The molecule has 0 aliphatic rings. The van der Waals surface area contributed by atoms with E-state index in [1.807, 2.05) is 13.8 Å². The van der Waals surface area contributed by atoms with Gasteiger partial charge < -0.3 is 11.1 Å². The van der Waals surface area contributed by atoms with Crippen molar-refractivity contribution in [3.8, 4) is 12.0 Å². The topological polar surface area (TPSA) is 50.1 Å². The molecule has 0 rings (SSSR count). The van der Waals surface area contributed by atoms with Crippen LogP contribution < -0.4 is 16.4 Å². The molecule has 0 spiro atoms. The number of nitrogens with two attached hydrogens (primary N) is 1. The predicted molar refractivity (Wildman–Crippen MR) is 42.8 cm³/mol. The van der Waals surface area contributed by atoms with Crippen LogP contribution in [0, 0.1) is 12.0 Å². The molecule has 0 amide bonds. The lowest BCUT2D eigenvalue weighted by atomic mass is 10.5. The molecule has 0 fully saturated rings. The van der Waals surface area contributed by atoms with Crippen LogP contribution in [-0.4, -0.2) is 12.3 Å². The van der Waals surface area contributed by atoms with Crippen molar-refractivity contribution >= 4 is 0 Å². The molecule has 0 saturated carbocycles. The van der Waals surface area contributed by atoms with Crippen LogP contribution in [0.3, 0.4) is 0 Å². The molecule has 2 atom stereocenters. The SMILES string of the molecule is CC#CNC(C)NC(C)N. The first-order valence-corrected chi connectivity index (χ1v) is 3.35. The second-order valence-electron chi connectivity index (χ2n) is 2.20. The van der Waals surface area contributed by atoms with Gasteiger partial charge in [0.2, 0.25) is 0 Å². The van der Waals surface area contributed by atoms with Crippen molar-refractivity contribution in [2.24, 2.45) is 5.73 Å². The molecule has 4 N–H and O–H groups in total. The van der Waals surface area contributed by atoms with Gasteiger partial charge in [0.1, 0.15) is 0 Å². The Labute approximate surface area is 62.4 Å². The average molecular weight is 141 g/mol. The highest BCUT2D eigenvalue weighted by Crippen LogP contribution is 1.73. The van der Waals surface area contributed by atoms with Gasteiger partial charge >= 0.3 is 0 Å². The predicted octanol–water partition coefficient (Wildman–Crippen LogP) is -0.203. The van der Waals surface area contributed by atoms with Crippen molar-refractivity contribution in [3.05, 3.63) is 0 Å². The normalized spacial score (nSPS) is 14.8. The molecule has 0 aromatic rings. The van der Waals surface area contributed by atoms with E-state index in [9.17, 15) is 0 Å². The van der Waals surface area contributed by atoms with Crippen molar-refractivity contribution in [1.29, 1.82) is 0 Å². The molecule has 10 heavy (non-hydrogen) atoms. The van der Waals surface area contributed by atoms with Gasteiger partial charge in [-0.05, 0) is 20.8 Å². The Morgan fingerprint density at radius 3 is 2.40 bits per heavy atom. The summed E-state index contributed by atoms with van der Waals surface area (Å²) in [4.78, 5) is 0. The fraction of sp³-hybridized carbons (Fsp3) is 0.714. The smallest absolute Gasteiger partial charge is 0.0826 e. The van der Waals surface area contributed by atoms with Crippen molar-refractivity contribution in [1.82, 2.24) is 10.6 Å². The van der Waals surface area contributed by atoms with Crippen LogP contribution >= 0.6 is 0 Å². The second kappa shape index (κ2) is 5.10. The van der Waals surface area contributed by atoms with Crippen LogP contribution in [0.2, 0.25) is 0 Å². The summed E-state index contributed by atoms with van der Waals surface area (Å²) in [6, 6.07) is 2.74. The van der Waals surface area contributed by atoms with E-state index < -0.39 is 0 Å². The minimum Gasteiger partial charge on any atom is -0.330 e. The first kappa shape index (κ1) is 9.28. The Morgan fingerprint density at radius 2 is 2.00 bits per heavy atom. The Balaban J connectivity index is 3.40. The summed E-state index contributed by atoms with van der Waals surface area (Å²) in [5.74, 6) is 2.73. The van der Waals surface area contributed by atoms with Crippen molar-refractivity contribution < 1.29 is 0 Å². The molecule has 0 heterocycles. The van der Waals surface area contributed by atoms with Gasteiger partial charge in [-0.2, -0.15) is 0 Å². The van der Waals surface area contributed by atoms with Gasteiger partial charge in [0.25, 0.3) is 0 Å². The lowest BCUT2D eigenvalue weighted by Crippen LogP contribution is -2.46. The maximum atomic E-state index is 5.47. The highest BCUT2D eigenvalue weighted by atomic mass is 15.2. The molecule has 58 valence electrons. The minimum absolute atomic E-state index is 0.00107. The standard InChI is InChI=1S/C7H15N3/c1-4-5-9-7(3)10-6(2)8/h6-7,9-10H,8H2,1-3H3. The molecule has 0 saturated heterocycles. The molecular weight excluding hydrogens is 126 g/mol. The molecule has 3 heteroatoms.